The average Bonchev–Trinajstić information content (AvgIpc) is 2.45. The van der Waals surface area contributed by atoms with E-state index in [1.807, 2.05) is 6.92 Å². The molecule has 2 rings (SSSR count). The molecule has 0 atom stereocenters. The quantitative estimate of drug-likeness (QED) is 0.790. The first-order valence-electron chi connectivity index (χ1n) is 6.77. The lowest BCUT2D eigenvalue weighted by molar-refractivity contribution is 0.291. The van der Waals surface area contributed by atoms with Crippen molar-refractivity contribution < 1.29 is 4.74 Å². The van der Waals surface area contributed by atoms with Gasteiger partial charge in [0.1, 0.15) is 12.9 Å². The van der Waals surface area contributed by atoms with Gasteiger partial charge >= 0.3 is 0 Å². The maximum Gasteiger partial charge on any atom is 0.219 e. The third kappa shape index (κ3) is 4.05. The van der Waals surface area contributed by atoms with Crippen LogP contribution in [0, 0.1) is 6.92 Å². The SMILES string of the molecule is CCCCc1ccc(COc2ncncc2C)cc1. The number of benzene rings is 1. The molecule has 19 heavy (non-hydrogen) atoms. The van der Waals surface area contributed by atoms with Gasteiger partial charge in [-0.25, -0.2) is 9.97 Å². The van der Waals surface area contributed by atoms with Crippen LogP contribution in [-0.2, 0) is 13.0 Å². The Hall–Kier alpha value is -1.90. The maximum absolute atomic E-state index is 5.69. The summed E-state index contributed by atoms with van der Waals surface area (Å²) in [6.07, 6.45) is 6.91. The molecule has 0 saturated heterocycles. The van der Waals surface area contributed by atoms with Crippen LogP contribution in [0.15, 0.2) is 36.8 Å². The van der Waals surface area contributed by atoms with Crippen molar-refractivity contribution in [3.05, 3.63) is 53.5 Å². The number of hydrogen-bond acceptors (Lipinski definition) is 3. The molecule has 1 heterocycles. The summed E-state index contributed by atoms with van der Waals surface area (Å²) in [7, 11) is 0. The minimum absolute atomic E-state index is 0.548. The Morgan fingerprint density at radius 3 is 2.53 bits per heavy atom. The minimum atomic E-state index is 0.548. The summed E-state index contributed by atoms with van der Waals surface area (Å²) in [5.41, 5.74) is 3.52. The molecule has 0 spiro atoms. The van der Waals surface area contributed by atoms with E-state index in [1.165, 1.54) is 30.3 Å². The number of ether oxygens (including phenoxy) is 1. The highest BCUT2D eigenvalue weighted by molar-refractivity contribution is 5.24. The molecule has 3 heteroatoms. The molecule has 0 bridgehead atoms. The first kappa shape index (κ1) is 13.5. The highest BCUT2D eigenvalue weighted by Gasteiger charge is 2.01. The van der Waals surface area contributed by atoms with E-state index in [0.29, 0.717) is 12.5 Å². The zero-order valence-corrected chi connectivity index (χ0v) is 11.6. The van der Waals surface area contributed by atoms with Crippen LogP contribution in [0.3, 0.4) is 0 Å². The average molecular weight is 256 g/mol. The van der Waals surface area contributed by atoms with Gasteiger partial charge in [0.15, 0.2) is 0 Å². The van der Waals surface area contributed by atoms with E-state index in [-0.39, 0.29) is 0 Å². The molecular weight excluding hydrogens is 236 g/mol. The van der Waals surface area contributed by atoms with Crippen molar-refractivity contribution in [2.75, 3.05) is 0 Å². The molecule has 1 aromatic carbocycles. The topological polar surface area (TPSA) is 35.0 Å². The van der Waals surface area contributed by atoms with E-state index in [2.05, 4.69) is 41.2 Å². The van der Waals surface area contributed by atoms with E-state index < -0.39 is 0 Å². The van der Waals surface area contributed by atoms with Crippen molar-refractivity contribution in [1.29, 1.82) is 0 Å². The fraction of sp³-hybridized carbons (Fsp3) is 0.375. The lowest BCUT2D eigenvalue weighted by Gasteiger charge is -2.08. The smallest absolute Gasteiger partial charge is 0.219 e. The highest BCUT2D eigenvalue weighted by Crippen LogP contribution is 2.14. The molecule has 0 aliphatic carbocycles. The van der Waals surface area contributed by atoms with E-state index in [0.717, 1.165) is 12.0 Å². The monoisotopic (exact) mass is 256 g/mol. The fourth-order valence-electron chi connectivity index (χ4n) is 1.87. The van der Waals surface area contributed by atoms with Gasteiger partial charge in [0.2, 0.25) is 5.88 Å². The molecule has 100 valence electrons. The van der Waals surface area contributed by atoms with E-state index in [1.54, 1.807) is 6.20 Å². The Morgan fingerprint density at radius 2 is 1.84 bits per heavy atom. The summed E-state index contributed by atoms with van der Waals surface area (Å²) in [5.74, 6) is 0.657. The Labute approximate surface area is 114 Å². The van der Waals surface area contributed by atoms with E-state index in [9.17, 15) is 0 Å². The van der Waals surface area contributed by atoms with Gasteiger partial charge < -0.3 is 4.74 Å². The number of hydrogen-bond donors (Lipinski definition) is 0. The van der Waals surface area contributed by atoms with Gasteiger partial charge in [0.05, 0.1) is 0 Å². The Morgan fingerprint density at radius 1 is 1.11 bits per heavy atom. The van der Waals surface area contributed by atoms with Crippen molar-refractivity contribution >= 4 is 0 Å². The van der Waals surface area contributed by atoms with Crippen molar-refractivity contribution in [2.24, 2.45) is 0 Å². The summed E-state index contributed by atoms with van der Waals surface area (Å²) >= 11 is 0. The largest absolute Gasteiger partial charge is 0.473 e. The number of rotatable bonds is 6. The predicted molar refractivity (Wildman–Crippen MR) is 76.2 cm³/mol. The van der Waals surface area contributed by atoms with Gasteiger partial charge in [-0.15, -0.1) is 0 Å². The summed E-state index contributed by atoms with van der Waals surface area (Å²) in [6, 6.07) is 8.62. The van der Waals surface area contributed by atoms with E-state index >= 15 is 0 Å². The van der Waals surface area contributed by atoms with Crippen LogP contribution in [0.25, 0.3) is 0 Å². The second-order valence-corrected chi connectivity index (χ2v) is 4.72. The first-order chi connectivity index (χ1) is 9.29. The molecular formula is C16H20N2O. The minimum Gasteiger partial charge on any atom is -0.473 e. The van der Waals surface area contributed by atoms with Gasteiger partial charge in [-0.2, -0.15) is 0 Å². The van der Waals surface area contributed by atoms with Gasteiger partial charge in [-0.05, 0) is 30.9 Å². The van der Waals surface area contributed by atoms with E-state index in [4.69, 9.17) is 4.74 Å². The Bertz CT molecular complexity index is 508. The molecule has 0 aliphatic rings. The van der Waals surface area contributed by atoms with Crippen LogP contribution in [0.2, 0.25) is 0 Å². The first-order valence-corrected chi connectivity index (χ1v) is 6.77. The van der Waals surface area contributed by atoms with Gasteiger partial charge in [0.25, 0.3) is 0 Å². The molecule has 0 aliphatic heterocycles. The molecule has 0 saturated carbocycles. The molecule has 0 amide bonds. The summed E-state index contributed by atoms with van der Waals surface area (Å²) < 4.78 is 5.69. The van der Waals surface area contributed by atoms with Crippen molar-refractivity contribution in [3.63, 3.8) is 0 Å². The van der Waals surface area contributed by atoms with Gasteiger partial charge in [-0.1, -0.05) is 37.6 Å². The summed E-state index contributed by atoms with van der Waals surface area (Å²) in [5, 5.41) is 0. The number of aryl methyl sites for hydroxylation is 2. The second kappa shape index (κ2) is 6.88. The number of nitrogens with zero attached hydrogens (tertiary/aromatic N) is 2. The molecule has 2 aromatic rings. The zero-order chi connectivity index (χ0) is 13.5. The second-order valence-electron chi connectivity index (χ2n) is 4.72. The van der Waals surface area contributed by atoms with Crippen LogP contribution >= 0.6 is 0 Å². The lowest BCUT2D eigenvalue weighted by atomic mass is 10.1. The van der Waals surface area contributed by atoms with Crippen LogP contribution < -0.4 is 4.74 Å². The predicted octanol–water partition coefficient (Wildman–Crippen LogP) is 3.71. The molecule has 0 radical (unpaired) electrons. The summed E-state index contributed by atoms with van der Waals surface area (Å²) in [4.78, 5) is 8.07. The van der Waals surface area contributed by atoms with Gasteiger partial charge in [0, 0.05) is 11.8 Å². The van der Waals surface area contributed by atoms with Crippen LogP contribution in [-0.4, -0.2) is 9.97 Å². The zero-order valence-electron chi connectivity index (χ0n) is 11.6. The van der Waals surface area contributed by atoms with Crippen LogP contribution in [0.1, 0.15) is 36.5 Å². The third-order valence-electron chi connectivity index (χ3n) is 3.06. The molecule has 3 nitrogen and oxygen atoms in total. The maximum atomic E-state index is 5.69. The third-order valence-corrected chi connectivity index (χ3v) is 3.06. The lowest BCUT2D eigenvalue weighted by Crippen LogP contribution is -1.99. The number of unbranched alkanes of at least 4 members (excludes halogenated alkanes) is 1. The Kier molecular flexibility index (Phi) is 4.90. The summed E-state index contributed by atoms with van der Waals surface area (Å²) in [6.45, 7) is 4.71. The normalized spacial score (nSPS) is 10.4. The van der Waals surface area contributed by atoms with Crippen molar-refractivity contribution in [2.45, 2.75) is 39.7 Å². The Balaban J connectivity index is 1.91. The molecule has 0 unspecified atom stereocenters. The standard InChI is InChI=1S/C16H20N2O/c1-3-4-5-14-6-8-15(9-7-14)11-19-16-13(2)10-17-12-18-16/h6-10,12H,3-5,11H2,1-2H3. The van der Waals surface area contributed by atoms with Crippen molar-refractivity contribution in [3.8, 4) is 5.88 Å². The number of aromatic nitrogens is 2. The fourth-order valence-corrected chi connectivity index (χ4v) is 1.87. The molecule has 0 fully saturated rings. The molecule has 0 N–H and O–H groups in total. The highest BCUT2D eigenvalue weighted by atomic mass is 16.5. The van der Waals surface area contributed by atoms with Crippen LogP contribution in [0.4, 0.5) is 0 Å². The molecule has 1 aromatic heterocycles. The van der Waals surface area contributed by atoms with Gasteiger partial charge in [-0.3, -0.25) is 0 Å². The van der Waals surface area contributed by atoms with Crippen LogP contribution in [0.5, 0.6) is 5.88 Å². The van der Waals surface area contributed by atoms with Crippen molar-refractivity contribution in [1.82, 2.24) is 9.97 Å².